The van der Waals surface area contributed by atoms with Crippen molar-refractivity contribution in [3.05, 3.63) is 35.9 Å². The van der Waals surface area contributed by atoms with Gasteiger partial charge in [-0.05, 0) is 31.7 Å². The van der Waals surface area contributed by atoms with E-state index in [9.17, 15) is 4.79 Å². The van der Waals surface area contributed by atoms with E-state index in [1.807, 2.05) is 32.0 Å². The third kappa shape index (κ3) is 2.68. The maximum atomic E-state index is 12.0. The van der Waals surface area contributed by atoms with Crippen molar-refractivity contribution in [2.24, 2.45) is 5.92 Å². The summed E-state index contributed by atoms with van der Waals surface area (Å²) < 4.78 is 0. The first-order valence-electron chi connectivity index (χ1n) is 5.88. The summed E-state index contributed by atoms with van der Waals surface area (Å²) >= 11 is 0. The summed E-state index contributed by atoms with van der Waals surface area (Å²) in [5.41, 5.74) is 0.687. The zero-order valence-corrected chi connectivity index (χ0v) is 10.2. The lowest BCUT2D eigenvalue weighted by molar-refractivity contribution is -0.123. The summed E-state index contributed by atoms with van der Waals surface area (Å²) in [4.78, 5) is 12.0. The summed E-state index contributed by atoms with van der Waals surface area (Å²) in [5.74, 6) is 3.10. The zero-order chi connectivity index (χ0) is 12.5. The predicted octanol–water partition coefficient (Wildman–Crippen LogP) is 2.32. The second kappa shape index (κ2) is 4.25. The smallest absolute Gasteiger partial charge is 0.224 e. The summed E-state index contributed by atoms with van der Waals surface area (Å²) in [6, 6.07) is 10.2. The standard InChI is InChI=1S/C15H17NO/c1-4-15(2,3)16-14(17)13-10-12(13)11-8-6-5-7-9-11/h1,5-9,12-13H,10H2,2-3H3,(H,16,17). The van der Waals surface area contributed by atoms with Gasteiger partial charge in [0.05, 0.1) is 5.54 Å². The molecule has 1 aliphatic carbocycles. The van der Waals surface area contributed by atoms with Crippen LogP contribution in [0, 0.1) is 18.3 Å². The van der Waals surface area contributed by atoms with Gasteiger partial charge in [-0.15, -0.1) is 6.42 Å². The summed E-state index contributed by atoms with van der Waals surface area (Å²) in [7, 11) is 0. The van der Waals surface area contributed by atoms with E-state index in [0.717, 1.165) is 6.42 Å². The molecule has 0 bridgehead atoms. The molecule has 1 aromatic rings. The highest BCUT2D eigenvalue weighted by molar-refractivity contribution is 5.83. The number of hydrogen-bond donors (Lipinski definition) is 1. The number of benzene rings is 1. The third-order valence-electron chi connectivity index (χ3n) is 3.15. The highest BCUT2D eigenvalue weighted by atomic mass is 16.2. The van der Waals surface area contributed by atoms with Crippen LogP contribution in [0.5, 0.6) is 0 Å². The lowest BCUT2D eigenvalue weighted by atomic mass is 10.1. The quantitative estimate of drug-likeness (QED) is 0.789. The zero-order valence-electron chi connectivity index (χ0n) is 10.2. The molecule has 2 atom stereocenters. The highest BCUT2D eigenvalue weighted by Crippen LogP contribution is 2.47. The summed E-state index contributed by atoms with van der Waals surface area (Å²) in [5, 5.41) is 2.89. The Morgan fingerprint density at radius 1 is 1.41 bits per heavy atom. The topological polar surface area (TPSA) is 29.1 Å². The highest BCUT2D eigenvalue weighted by Gasteiger charge is 2.44. The molecule has 2 rings (SSSR count). The maximum Gasteiger partial charge on any atom is 0.224 e. The molecule has 0 heterocycles. The Balaban J connectivity index is 1.96. The van der Waals surface area contributed by atoms with Gasteiger partial charge in [0.15, 0.2) is 0 Å². The second-order valence-electron chi connectivity index (χ2n) is 5.12. The van der Waals surface area contributed by atoms with E-state index in [4.69, 9.17) is 6.42 Å². The van der Waals surface area contributed by atoms with Gasteiger partial charge in [0.2, 0.25) is 5.91 Å². The minimum atomic E-state index is -0.555. The molecule has 88 valence electrons. The number of hydrogen-bond acceptors (Lipinski definition) is 1. The van der Waals surface area contributed by atoms with Crippen molar-refractivity contribution in [2.45, 2.75) is 31.7 Å². The van der Waals surface area contributed by atoms with Gasteiger partial charge < -0.3 is 5.32 Å². The van der Waals surface area contributed by atoms with Crippen LogP contribution in [0.1, 0.15) is 31.7 Å². The van der Waals surface area contributed by atoms with Crippen molar-refractivity contribution in [2.75, 3.05) is 0 Å². The van der Waals surface area contributed by atoms with Gasteiger partial charge in [-0.1, -0.05) is 36.3 Å². The van der Waals surface area contributed by atoms with E-state index in [0.29, 0.717) is 5.92 Å². The molecular weight excluding hydrogens is 210 g/mol. The van der Waals surface area contributed by atoms with Crippen LogP contribution in [0.25, 0.3) is 0 Å². The normalized spacial score (nSPS) is 22.6. The van der Waals surface area contributed by atoms with Crippen LogP contribution >= 0.6 is 0 Å². The fraction of sp³-hybridized carbons (Fsp3) is 0.400. The first-order valence-corrected chi connectivity index (χ1v) is 5.88. The molecule has 0 aliphatic heterocycles. The molecule has 1 aliphatic rings. The number of carbonyl (C=O) groups excluding carboxylic acids is 1. The van der Waals surface area contributed by atoms with E-state index in [2.05, 4.69) is 23.4 Å². The Bertz CT molecular complexity index is 456. The van der Waals surface area contributed by atoms with Crippen LogP contribution in [0.15, 0.2) is 30.3 Å². The molecule has 2 unspecified atom stereocenters. The van der Waals surface area contributed by atoms with Gasteiger partial charge in [0.25, 0.3) is 0 Å². The molecule has 0 spiro atoms. The lowest BCUT2D eigenvalue weighted by Gasteiger charge is -2.19. The Kier molecular flexibility index (Phi) is 2.93. The monoisotopic (exact) mass is 227 g/mol. The predicted molar refractivity (Wildman–Crippen MR) is 68.3 cm³/mol. The Morgan fingerprint density at radius 2 is 2.06 bits per heavy atom. The van der Waals surface area contributed by atoms with E-state index >= 15 is 0 Å². The molecule has 0 saturated heterocycles. The van der Waals surface area contributed by atoms with E-state index in [1.165, 1.54) is 5.56 Å². The van der Waals surface area contributed by atoms with Gasteiger partial charge in [-0.25, -0.2) is 0 Å². The molecule has 2 nitrogen and oxygen atoms in total. The number of nitrogens with one attached hydrogen (secondary N) is 1. The Labute approximate surface area is 102 Å². The van der Waals surface area contributed by atoms with Gasteiger partial charge in [-0.3, -0.25) is 4.79 Å². The van der Waals surface area contributed by atoms with Crippen LogP contribution in [0.2, 0.25) is 0 Å². The van der Waals surface area contributed by atoms with Crippen LogP contribution in [0.3, 0.4) is 0 Å². The van der Waals surface area contributed by atoms with Crippen LogP contribution in [0.4, 0.5) is 0 Å². The average Bonchev–Trinajstić information content (AvgIpc) is 3.10. The molecule has 1 N–H and O–H groups in total. The molecule has 1 amide bonds. The summed E-state index contributed by atoms with van der Waals surface area (Å²) in [6.07, 6.45) is 6.28. The molecule has 0 radical (unpaired) electrons. The van der Waals surface area contributed by atoms with Crippen molar-refractivity contribution in [3.63, 3.8) is 0 Å². The molecule has 2 heteroatoms. The van der Waals surface area contributed by atoms with Crippen LogP contribution in [-0.2, 0) is 4.79 Å². The Hall–Kier alpha value is -1.75. The Morgan fingerprint density at radius 3 is 2.65 bits per heavy atom. The van der Waals surface area contributed by atoms with Crippen LogP contribution in [-0.4, -0.2) is 11.4 Å². The van der Waals surface area contributed by atoms with E-state index < -0.39 is 5.54 Å². The van der Waals surface area contributed by atoms with Crippen molar-refractivity contribution in [1.82, 2.24) is 5.32 Å². The fourth-order valence-corrected chi connectivity index (χ4v) is 1.99. The number of terminal acetylenes is 1. The van der Waals surface area contributed by atoms with Crippen molar-refractivity contribution in [1.29, 1.82) is 0 Å². The van der Waals surface area contributed by atoms with Crippen molar-refractivity contribution in [3.8, 4) is 12.3 Å². The SMILES string of the molecule is C#CC(C)(C)NC(=O)C1CC1c1ccccc1. The fourth-order valence-electron chi connectivity index (χ4n) is 1.99. The average molecular weight is 227 g/mol. The molecule has 17 heavy (non-hydrogen) atoms. The third-order valence-corrected chi connectivity index (χ3v) is 3.15. The minimum Gasteiger partial charge on any atom is -0.340 e. The van der Waals surface area contributed by atoms with Gasteiger partial charge in [0.1, 0.15) is 0 Å². The number of rotatable bonds is 3. The van der Waals surface area contributed by atoms with Gasteiger partial charge in [0, 0.05) is 5.92 Å². The van der Waals surface area contributed by atoms with E-state index in [1.54, 1.807) is 0 Å². The summed E-state index contributed by atoms with van der Waals surface area (Å²) in [6.45, 7) is 3.68. The number of carbonyl (C=O) groups is 1. The molecule has 0 aromatic heterocycles. The first kappa shape index (κ1) is 11.7. The van der Waals surface area contributed by atoms with Crippen molar-refractivity contribution >= 4 is 5.91 Å². The molecule has 1 fully saturated rings. The van der Waals surface area contributed by atoms with Gasteiger partial charge >= 0.3 is 0 Å². The maximum absolute atomic E-state index is 12.0. The van der Waals surface area contributed by atoms with E-state index in [-0.39, 0.29) is 11.8 Å². The second-order valence-corrected chi connectivity index (χ2v) is 5.12. The number of amides is 1. The van der Waals surface area contributed by atoms with Crippen LogP contribution < -0.4 is 5.32 Å². The van der Waals surface area contributed by atoms with Crippen molar-refractivity contribution < 1.29 is 4.79 Å². The molecule has 1 aromatic carbocycles. The largest absolute Gasteiger partial charge is 0.340 e. The van der Waals surface area contributed by atoms with Gasteiger partial charge in [-0.2, -0.15) is 0 Å². The minimum absolute atomic E-state index is 0.0711. The molecule has 1 saturated carbocycles. The molecular formula is C15H17NO. The first-order chi connectivity index (χ1) is 8.03. The lowest BCUT2D eigenvalue weighted by Crippen LogP contribution is -2.43.